The lowest BCUT2D eigenvalue weighted by Gasteiger charge is -2.26. The first-order valence-electron chi connectivity index (χ1n) is 6.66. The fourth-order valence-electron chi connectivity index (χ4n) is 2.02. The maximum Gasteiger partial charge on any atom is 0.00672 e. The molecule has 1 heteroatoms. The largest absolute Gasteiger partial charge is 0.327 e. The Morgan fingerprint density at radius 1 is 1.07 bits per heavy atom. The minimum atomic E-state index is 0.417. The molecule has 92 valence electrons. The summed E-state index contributed by atoms with van der Waals surface area (Å²) in [6, 6.07) is 0.417. The zero-order valence-electron chi connectivity index (χ0n) is 11.5. The van der Waals surface area contributed by atoms with Gasteiger partial charge < -0.3 is 5.73 Å². The van der Waals surface area contributed by atoms with Gasteiger partial charge in [0.2, 0.25) is 0 Å². The summed E-state index contributed by atoms with van der Waals surface area (Å²) in [7, 11) is 0. The van der Waals surface area contributed by atoms with Gasteiger partial charge in [0.15, 0.2) is 0 Å². The fourth-order valence-corrected chi connectivity index (χ4v) is 2.02. The van der Waals surface area contributed by atoms with Crippen LogP contribution in [-0.2, 0) is 0 Å². The Morgan fingerprint density at radius 2 is 1.67 bits per heavy atom. The van der Waals surface area contributed by atoms with Crippen molar-refractivity contribution in [3.63, 3.8) is 0 Å². The van der Waals surface area contributed by atoms with Gasteiger partial charge >= 0.3 is 0 Å². The van der Waals surface area contributed by atoms with Crippen LogP contribution in [0.3, 0.4) is 0 Å². The van der Waals surface area contributed by atoms with E-state index in [1.165, 1.54) is 38.5 Å². The molecule has 0 aromatic heterocycles. The number of rotatable bonds is 7. The third kappa shape index (κ3) is 7.84. The summed E-state index contributed by atoms with van der Waals surface area (Å²) in [5.74, 6) is 0.743. The van der Waals surface area contributed by atoms with Crippen molar-refractivity contribution in [2.75, 3.05) is 0 Å². The van der Waals surface area contributed by atoms with Gasteiger partial charge in [-0.2, -0.15) is 0 Å². The van der Waals surface area contributed by atoms with Crippen LogP contribution in [0.5, 0.6) is 0 Å². The molecule has 0 fully saturated rings. The van der Waals surface area contributed by atoms with Gasteiger partial charge in [-0.05, 0) is 30.6 Å². The first kappa shape index (κ1) is 15.0. The maximum atomic E-state index is 6.28. The quantitative estimate of drug-likeness (QED) is 0.668. The SMILES string of the molecule is CCCCC(CC)C(N)CCC(C)(C)C. The minimum absolute atomic E-state index is 0.417. The van der Waals surface area contributed by atoms with Gasteiger partial charge in [0.25, 0.3) is 0 Å². The second-order valence-electron chi connectivity index (χ2n) is 6.07. The first-order valence-corrected chi connectivity index (χ1v) is 6.66. The van der Waals surface area contributed by atoms with E-state index in [-0.39, 0.29) is 0 Å². The van der Waals surface area contributed by atoms with Crippen molar-refractivity contribution in [2.45, 2.75) is 79.2 Å². The predicted molar refractivity (Wildman–Crippen MR) is 70.0 cm³/mol. The molecule has 0 aliphatic heterocycles. The third-order valence-corrected chi connectivity index (χ3v) is 3.29. The van der Waals surface area contributed by atoms with Gasteiger partial charge in [-0.15, -0.1) is 0 Å². The van der Waals surface area contributed by atoms with E-state index in [1.807, 2.05) is 0 Å². The zero-order chi connectivity index (χ0) is 11.9. The Balaban J connectivity index is 3.87. The highest BCUT2D eigenvalue weighted by atomic mass is 14.6. The highest BCUT2D eigenvalue weighted by Crippen LogP contribution is 2.25. The van der Waals surface area contributed by atoms with Crippen molar-refractivity contribution >= 4 is 0 Å². The fraction of sp³-hybridized carbons (Fsp3) is 1.00. The average Bonchev–Trinajstić information content (AvgIpc) is 2.15. The summed E-state index contributed by atoms with van der Waals surface area (Å²) in [5, 5.41) is 0. The summed E-state index contributed by atoms with van der Waals surface area (Å²) in [5.41, 5.74) is 6.71. The lowest BCUT2D eigenvalue weighted by molar-refractivity contribution is 0.293. The Morgan fingerprint density at radius 3 is 2.07 bits per heavy atom. The van der Waals surface area contributed by atoms with Gasteiger partial charge in [0.1, 0.15) is 0 Å². The van der Waals surface area contributed by atoms with Crippen LogP contribution >= 0.6 is 0 Å². The van der Waals surface area contributed by atoms with Crippen molar-refractivity contribution < 1.29 is 0 Å². The van der Waals surface area contributed by atoms with Crippen LogP contribution in [0.15, 0.2) is 0 Å². The van der Waals surface area contributed by atoms with Crippen molar-refractivity contribution in [2.24, 2.45) is 17.1 Å². The van der Waals surface area contributed by atoms with E-state index in [2.05, 4.69) is 34.6 Å². The van der Waals surface area contributed by atoms with Crippen LogP contribution in [-0.4, -0.2) is 6.04 Å². The molecule has 0 aliphatic carbocycles. The van der Waals surface area contributed by atoms with Crippen molar-refractivity contribution in [3.05, 3.63) is 0 Å². The zero-order valence-corrected chi connectivity index (χ0v) is 11.5. The second kappa shape index (κ2) is 7.27. The topological polar surface area (TPSA) is 26.0 Å². The van der Waals surface area contributed by atoms with E-state index in [0.717, 1.165) is 5.92 Å². The van der Waals surface area contributed by atoms with E-state index in [4.69, 9.17) is 5.73 Å². The molecule has 0 saturated carbocycles. The number of hydrogen-bond acceptors (Lipinski definition) is 1. The summed E-state index contributed by atoms with van der Waals surface area (Å²) < 4.78 is 0. The normalized spacial score (nSPS) is 16.4. The molecule has 2 N–H and O–H groups in total. The van der Waals surface area contributed by atoms with Gasteiger partial charge in [0, 0.05) is 6.04 Å². The summed E-state index contributed by atoms with van der Waals surface area (Å²) in [4.78, 5) is 0. The van der Waals surface area contributed by atoms with Crippen molar-refractivity contribution in [1.29, 1.82) is 0 Å². The Bertz CT molecular complexity index is 146. The third-order valence-electron chi connectivity index (χ3n) is 3.29. The molecule has 2 unspecified atom stereocenters. The minimum Gasteiger partial charge on any atom is -0.327 e. The van der Waals surface area contributed by atoms with Crippen LogP contribution in [0.4, 0.5) is 0 Å². The van der Waals surface area contributed by atoms with Crippen molar-refractivity contribution in [3.8, 4) is 0 Å². The number of unbranched alkanes of at least 4 members (excludes halogenated alkanes) is 1. The van der Waals surface area contributed by atoms with Crippen LogP contribution < -0.4 is 5.73 Å². The summed E-state index contributed by atoms with van der Waals surface area (Å²) >= 11 is 0. The smallest absolute Gasteiger partial charge is 0.00672 e. The monoisotopic (exact) mass is 213 g/mol. The molecule has 0 amide bonds. The van der Waals surface area contributed by atoms with Crippen LogP contribution in [0.2, 0.25) is 0 Å². The molecule has 0 aromatic rings. The van der Waals surface area contributed by atoms with E-state index >= 15 is 0 Å². The van der Waals surface area contributed by atoms with E-state index < -0.39 is 0 Å². The van der Waals surface area contributed by atoms with Crippen LogP contribution in [0, 0.1) is 11.3 Å². The Labute approximate surface area is 96.8 Å². The Hall–Kier alpha value is -0.0400. The van der Waals surface area contributed by atoms with Crippen LogP contribution in [0.1, 0.15) is 73.1 Å². The first-order chi connectivity index (χ1) is 6.90. The molecule has 0 heterocycles. The molecule has 2 atom stereocenters. The molecular weight excluding hydrogens is 182 g/mol. The second-order valence-corrected chi connectivity index (χ2v) is 6.07. The molecule has 0 aromatic carbocycles. The molecule has 0 saturated heterocycles. The Kier molecular flexibility index (Phi) is 7.25. The van der Waals surface area contributed by atoms with E-state index in [9.17, 15) is 0 Å². The average molecular weight is 213 g/mol. The molecule has 1 nitrogen and oxygen atoms in total. The molecule has 0 radical (unpaired) electrons. The van der Waals surface area contributed by atoms with E-state index in [0.29, 0.717) is 11.5 Å². The molecule has 0 rings (SSSR count). The standard InChI is InChI=1S/C14H31N/c1-6-8-9-12(7-2)13(15)10-11-14(3,4)5/h12-13H,6-11,15H2,1-5H3. The lowest BCUT2D eigenvalue weighted by Crippen LogP contribution is -2.31. The molecule has 0 spiro atoms. The van der Waals surface area contributed by atoms with Gasteiger partial charge in [-0.1, -0.05) is 53.9 Å². The maximum absolute atomic E-state index is 6.28. The molecule has 15 heavy (non-hydrogen) atoms. The van der Waals surface area contributed by atoms with Crippen LogP contribution in [0.25, 0.3) is 0 Å². The molecule has 0 aliphatic rings. The predicted octanol–water partition coefficient (Wildman–Crippen LogP) is 4.36. The lowest BCUT2D eigenvalue weighted by atomic mass is 9.83. The van der Waals surface area contributed by atoms with Crippen molar-refractivity contribution in [1.82, 2.24) is 0 Å². The van der Waals surface area contributed by atoms with Gasteiger partial charge in [-0.3, -0.25) is 0 Å². The molecular formula is C14H31N. The summed E-state index contributed by atoms with van der Waals surface area (Å²) in [6.45, 7) is 11.4. The van der Waals surface area contributed by atoms with E-state index in [1.54, 1.807) is 0 Å². The summed E-state index contributed by atoms with van der Waals surface area (Å²) in [6.07, 6.45) is 7.62. The van der Waals surface area contributed by atoms with Gasteiger partial charge in [-0.25, -0.2) is 0 Å². The highest BCUT2D eigenvalue weighted by Gasteiger charge is 2.18. The number of hydrogen-bond donors (Lipinski definition) is 1. The molecule has 0 bridgehead atoms. The number of nitrogens with two attached hydrogens (primary N) is 1. The van der Waals surface area contributed by atoms with Gasteiger partial charge in [0.05, 0.1) is 0 Å². The highest BCUT2D eigenvalue weighted by molar-refractivity contribution is 4.74.